The predicted octanol–water partition coefficient (Wildman–Crippen LogP) is 2.44. The molecule has 2 aliphatic rings. The summed E-state index contributed by atoms with van der Waals surface area (Å²) < 4.78 is 0. The lowest BCUT2D eigenvalue weighted by Crippen LogP contribution is -2.37. The molecular weight excluding hydrogens is 224 g/mol. The van der Waals surface area contributed by atoms with Gasteiger partial charge in [0.1, 0.15) is 0 Å². The summed E-state index contributed by atoms with van der Waals surface area (Å²) in [7, 11) is 0. The topological polar surface area (TPSA) is 44.1 Å². The number of fused-ring (bicyclic) bond motifs is 1. The molecule has 0 aromatic heterocycles. The van der Waals surface area contributed by atoms with Crippen LogP contribution >= 0.6 is 0 Å². The van der Waals surface area contributed by atoms with Crippen molar-refractivity contribution in [2.45, 2.75) is 20.8 Å². The van der Waals surface area contributed by atoms with Gasteiger partial charge in [0.25, 0.3) is 5.91 Å². The summed E-state index contributed by atoms with van der Waals surface area (Å²) >= 11 is 0. The molecule has 2 rings (SSSR count). The summed E-state index contributed by atoms with van der Waals surface area (Å²) in [6.07, 6.45) is 9.13. The Morgan fingerprint density at radius 2 is 2.11 bits per heavy atom. The Kier molecular flexibility index (Phi) is 2.90. The molecule has 0 aromatic carbocycles. The normalized spacial score (nSPS) is 26.7. The first-order valence-electron chi connectivity index (χ1n) is 6.15. The summed E-state index contributed by atoms with van der Waals surface area (Å²) in [6.45, 7) is 7.51. The van der Waals surface area contributed by atoms with E-state index in [2.05, 4.69) is 26.8 Å². The number of likely N-dealkylation sites (tertiary alicyclic amines) is 1. The number of rotatable bonds is 1. The smallest absolute Gasteiger partial charge is 0.251 e. The maximum absolute atomic E-state index is 12.5. The number of nitrogens with zero attached hydrogens (tertiary/aromatic N) is 2. The van der Waals surface area contributed by atoms with Crippen molar-refractivity contribution in [3.05, 3.63) is 36.0 Å². The molecular formula is C15H18N2O. The van der Waals surface area contributed by atoms with Gasteiger partial charge in [-0.15, -0.1) is 0 Å². The molecule has 0 radical (unpaired) electrons. The highest BCUT2D eigenvalue weighted by Crippen LogP contribution is 2.40. The van der Waals surface area contributed by atoms with Crippen molar-refractivity contribution < 1.29 is 4.79 Å². The third kappa shape index (κ3) is 1.99. The highest BCUT2D eigenvalue weighted by Gasteiger charge is 2.49. The fourth-order valence-corrected chi connectivity index (χ4v) is 2.44. The molecule has 0 saturated carbocycles. The largest absolute Gasteiger partial charge is 0.336 e. The monoisotopic (exact) mass is 242 g/mol. The maximum atomic E-state index is 12.5. The van der Waals surface area contributed by atoms with Crippen LogP contribution in [0, 0.1) is 22.2 Å². The minimum absolute atomic E-state index is 0.0377. The molecule has 0 spiro atoms. The molecule has 1 fully saturated rings. The van der Waals surface area contributed by atoms with E-state index in [1.54, 1.807) is 17.1 Å². The van der Waals surface area contributed by atoms with E-state index in [1.807, 2.05) is 18.2 Å². The molecule has 3 heteroatoms. The summed E-state index contributed by atoms with van der Waals surface area (Å²) in [5.41, 5.74) is -0.158. The van der Waals surface area contributed by atoms with E-state index in [4.69, 9.17) is 0 Å². The predicted molar refractivity (Wildman–Crippen MR) is 70.4 cm³/mol. The molecule has 0 N–H and O–H groups in total. The van der Waals surface area contributed by atoms with Crippen LogP contribution in [0.2, 0.25) is 0 Å². The average Bonchev–Trinajstić information content (AvgIpc) is 2.46. The Balaban J connectivity index is 2.38. The Bertz CT molecular complexity index is 500. The van der Waals surface area contributed by atoms with Crippen LogP contribution in [-0.4, -0.2) is 23.9 Å². The van der Waals surface area contributed by atoms with Gasteiger partial charge in [-0.25, -0.2) is 0 Å². The number of carbonyl (C=O) groups excluding carboxylic acids is 1. The molecule has 18 heavy (non-hydrogen) atoms. The van der Waals surface area contributed by atoms with E-state index in [0.717, 1.165) is 5.57 Å². The zero-order valence-corrected chi connectivity index (χ0v) is 11.1. The molecule has 1 aliphatic heterocycles. The van der Waals surface area contributed by atoms with Gasteiger partial charge in [-0.05, 0) is 11.0 Å². The van der Waals surface area contributed by atoms with Crippen LogP contribution in [0.5, 0.6) is 0 Å². The minimum Gasteiger partial charge on any atom is -0.336 e. The van der Waals surface area contributed by atoms with E-state index in [1.165, 1.54) is 0 Å². The lowest BCUT2D eigenvalue weighted by Gasteiger charge is -2.26. The molecule has 1 aliphatic carbocycles. The Morgan fingerprint density at radius 3 is 2.72 bits per heavy atom. The summed E-state index contributed by atoms with van der Waals surface area (Å²) in [5, 5.41) is 9.45. The second-order valence-corrected chi connectivity index (χ2v) is 6.08. The Hall–Kier alpha value is -1.82. The fourth-order valence-electron chi connectivity index (χ4n) is 2.44. The maximum Gasteiger partial charge on any atom is 0.251 e. The first-order chi connectivity index (χ1) is 8.39. The lowest BCUT2D eigenvalue weighted by molar-refractivity contribution is -0.132. The second kappa shape index (κ2) is 4.13. The van der Waals surface area contributed by atoms with Crippen molar-refractivity contribution in [2.75, 3.05) is 13.1 Å². The molecule has 1 atom stereocenters. The molecule has 1 amide bonds. The van der Waals surface area contributed by atoms with Crippen molar-refractivity contribution >= 4 is 5.91 Å². The van der Waals surface area contributed by atoms with E-state index < -0.39 is 5.41 Å². The Morgan fingerprint density at radius 1 is 1.39 bits per heavy atom. The van der Waals surface area contributed by atoms with Crippen molar-refractivity contribution in [3.63, 3.8) is 0 Å². The van der Waals surface area contributed by atoms with Crippen LogP contribution in [0.4, 0.5) is 0 Å². The second-order valence-electron chi connectivity index (χ2n) is 6.08. The standard InChI is InChI=1S/C15H18N2O/c1-14(2,3)11-17-9-12-7-5-4-6-8-15(12,10-16)13(17)18/h4-8H,9,11H2,1-3H3. The third-order valence-corrected chi connectivity index (χ3v) is 3.20. The number of amides is 1. The SMILES string of the molecule is CC(C)(C)CN1CC2=CC=CC=CC2(C#N)C1=O. The van der Waals surface area contributed by atoms with E-state index >= 15 is 0 Å². The van der Waals surface area contributed by atoms with Gasteiger partial charge in [0.05, 0.1) is 6.07 Å². The highest BCUT2D eigenvalue weighted by molar-refractivity contribution is 5.95. The first-order valence-corrected chi connectivity index (χ1v) is 6.15. The quantitative estimate of drug-likeness (QED) is 0.709. The van der Waals surface area contributed by atoms with Crippen molar-refractivity contribution in [2.24, 2.45) is 10.8 Å². The van der Waals surface area contributed by atoms with Crippen LogP contribution in [0.1, 0.15) is 20.8 Å². The van der Waals surface area contributed by atoms with Gasteiger partial charge in [0.2, 0.25) is 0 Å². The summed E-state index contributed by atoms with van der Waals surface area (Å²) in [5.74, 6) is -0.0916. The van der Waals surface area contributed by atoms with Gasteiger partial charge < -0.3 is 4.90 Å². The number of hydrogen-bond donors (Lipinski definition) is 0. The zero-order valence-electron chi connectivity index (χ0n) is 11.1. The van der Waals surface area contributed by atoms with Gasteiger partial charge >= 0.3 is 0 Å². The van der Waals surface area contributed by atoms with Crippen LogP contribution in [0.15, 0.2) is 36.0 Å². The number of hydrogen-bond acceptors (Lipinski definition) is 2. The number of allylic oxidation sites excluding steroid dienone is 4. The van der Waals surface area contributed by atoms with Gasteiger partial charge in [0, 0.05) is 13.1 Å². The number of nitriles is 1. The van der Waals surface area contributed by atoms with Crippen molar-refractivity contribution in [1.29, 1.82) is 5.26 Å². The first kappa shape index (κ1) is 12.6. The van der Waals surface area contributed by atoms with Gasteiger partial charge in [-0.2, -0.15) is 5.26 Å². The molecule has 1 heterocycles. The van der Waals surface area contributed by atoms with Gasteiger partial charge in [-0.3, -0.25) is 4.79 Å². The lowest BCUT2D eigenvalue weighted by atomic mass is 9.83. The van der Waals surface area contributed by atoms with E-state index in [0.29, 0.717) is 13.1 Å². The molecule has 1 saturated heterocycles. The van der Waals surface area contributed by atoms with E-state index in [9.17, 15) is 10.1 Å². The van der Waals surface area contributed by atoms with Crippen LogP contribution < -0.4 is 0 Å². The van der Waals surface area contributed by atoms with Crippen LogP contribution in [-0.2, 0) is 4.79 Å². The van der Waals surface area contributed by atoms with Crippen LogP contribution in [0.25, 0.3) is 0 Å². The zero-order chi connectivity index (χ0) is 13.4. The van der Waals surface area contributed by atoms with Gasteiger partial charge in [0.15, 0.2) is 5.41 Å². The molecule has 0 aromatic rings. The highest BCUT2D eigenvalue weighted by atomic mass is 16.2. The molecule has 94 valence electrons. The summed E-state index contributed by atoms with van der Waals surface area (Å²) in [6, 6.07) is 2.20. The number of carbonyl (C=O) groups is 1. The minimum atomic E-state index is -1.07. The Labute approximate surface area is 108 Å². The van der Waals surface area contributed by atoms with Gasteiger partial charge in [-0.1, -0.05) is 51.2 Å². The molecule has 0 bridgehead atoms. The molecule has 3 nitrogen and oxygen atoms in total. The van der Waals surface area contributed by atoms with Crippen LogP contribution in [0.3, 0.4) is 0 Å². The average molecular weight is 242 g/mol. The van der Waals surface area contributed by atoms with Crippen molar-refractivity contribution in [3.8, 4) is 6.07 Å². The molecule has 1 unspecified atom stereocenters. The fraction of sp³-hybridized carbons (Fsp3) is 0.467. The van der Waals surface area contributed by atoms with Crippen molar-refractivity contribution in [1.82, 2.24) is 4.90 Å². The third-order valence-electron chi connectivity index (χ3n) is 3.20. The van der Waals surface area contributed by atoms with E-state index in [-0.39, 0.29) is 11.3 Å². The summed E-state index contributed by atoms with van der Waals surface area (Å²) in [4.78, 5) is 14.3.